The fraction of sp³-hybridized carbons (Fsp3) is 0.357. The Bertz CT molecular complexity index is 494. The van der Waals surface area contributed by atoms with Crippen molar-refractivity contribution in [3.63, 3.8) is 0 Å². The number of alkyl halides is 1. The topological polar surface area (TPSA) is 22.1 Å². The maximum absolute atomic E-state index is 5.91. The molecule has 0 bridgehead atoms. The van der Waals surface area contributed by atoms with Gasteiger partial charge in [-0.05, 0) is 17.5 Å². The number of nitrogens with zero attached hydrogens (tertiary/aromatic N) is 1. The molecule has 0 saturated carbocycles. The number of rotatable bonds is 5. The molecule has 0 N–H and O–H groups in total. The van der Waals surface area contributed by atoms with E-state index in [1.807, 2.05) is 23.7 Å². The molecule has 0 saturated heterocycles. The van der Waals surface area contributed by atoms with Crippen molar-refractivity contribution < 1.29 is 4.74 Å². The standard InChI is InChI=1S/C14H16ClNOS/c1-3-14(17-2,13-16-7-8-18-13)12-6-4-5-11(9-12)10-15/h4-9H,3,10H2,1-2H3. The van der Waals surface area contributed by atoms with Crippen molar-refractivity contribution in [2.45, 2.75) is 24.8 Å². The lowest BCUT2D eigenvalue weighted by Gasteiger charge is -2.30. The maximum Gasteiger partial charge on any atom is 0.144 e. The summed E-state index contributed by atoms with van der Waals surface area (Å²) in [5.41, 5.74) is 1.75. The number of methoxy groups -OCH3 is 1. The number of benzene rings is 1. The SMILES string of the molecule is CCC(OC)(c1cccc(CCl)c1)c1nccs1. The number of halogens is 1. The fourth-order valence-corrected chi connectivity index (χ4v) is 3.23. The molecule has 4 heteroatoms. The smallest absolute Gasteiger partial charge is 0.144 e. The van der Waals surface area contributed by atoms with Crippen LogP contribution in [0.1, 0.15) is 29.5 Å². The van der Waals surface area contributed by atoms with Crippen LogP contribution < -0.4 is 0 Å². The number of thiazole rings is 1. The van der Waals surface area contributed by atoms with Crippen LogP contribution >= 0.6 is 22.9 Å². The minimum atomic E-state index is -0.462. The third kappa shape index (κ3) is 2.30. The van der Waals surface area contributed by atoms with Crippen molar-refractivity contribution in [1.82, 2.24) is 4.98 Å². The van der Waals surface area contributed by atoms with Crippen LogP contribution in [0.25, 0.3) is 0 Å². The van der Waals surface area contributed by atoms with Gasteiger partial charge in [0.15, 0.2) is 0 Å². The summed E-state index contributed by atoms with van der Waals surface area (Å²) >= 11 is 7.52. The quantitative estimate of drug-likeness (QED) is 0.767. The van der Waals surface area contributed by atoms with Crippen molar-refractivity contribution in [2.75, 3.05) is 7.11 Å². The minimum Gasteiger partial charge on any atom is -0.366 e. The second-order valence-electron chi connectivity index (χ2n) is 4.06. The highest BCUT2D eigenvalue weighted by Crippen LogP contribution is 2.37. The summed E-state index contributed by atoms with van der Waals surface area (Å²) in [6, 6.07) is 8.21. The van der Waals surface area contributed by atoms with Gasteiger partial charge in [0, 0.05) is 24.6 Å². The Morgan fingerprint density at radius 3 is 2.83 bits per heavy atom. The van der Waals surface area contributed by atoms with Crippen LogP contribution in [0.5, 0.6) is 0 Å². The van der Waals surface area contributed by atoms with E-state index in [4.69, 9.17) is 16.3 Å². The van der Waals surface area contributed by atoms with Gasteiger partial charge < -0.3 is 4.74 Å². The van der Waals surface area contributed by atoms with Crippen LogP contribution in [-0.2, 0) is 16.2 Å². The molecule has 1 unspecified atom stereocenters. The van der Waals surface area contributed by atoms with Gasteiger partial charge in [-0.1, -0.05) is 31.2 Å². The third-order valence-corrected chi connectivity index (χ3v) is 4.40. The van der Waals surface area contributed by atoms with Crippen molar-refractivity contribution in [2.24, 2.45) is 0 Å². The molecule has 0 aliphatic heterocycles. The van der Waals surface area contributed by atoms with E-state index in [2.05, 4.69) is 24.0 Å². The predicted octanol–water partition coefficient (Wildman–Crippen LogP) is 4.18. The van der Waals surface area contributed by atoms with Crippen LogP contribution in [0.4, 0.5) is 0 Å². The molecule has 1 heterocycles. The van der Waals surface area contributed by atoms with Gasteiger partial charge >= 0.3 is 0 Å². The largest absolute Gasteiger partial charge is 0.366 e. The summed E-state index contributed by atoms with van der Waals surface area (Å²) in [6.45, 7) is 2.11. The second kappa shape index (κ2) is 5.83. The maximum atomic E-state index is 5.91. The van der Waals surface area contributed by atoms with E-state index in [0.717, 1.165) is 22.6 Å². The van der Waals surface area contributed by atoms with E-state index >= 15 is 0 Å². The number of ether oxygens (including phenoxy) is 1. The number of hydrogen-bond acceptors (Lipinski definition) is 3. The average molecular weight is 282 g/mol. The van der Waals surface area contributed by atoms with E-state index in [9.17, 15) is 0 Å². The second-order valence-corrected chi connectivity index (χ2v) is 5.22. The van der Waals surface area contributed by atoms with Crippen molar-refractivity contribution in [1.29, 1.82) is 0 Å². The van der Waals surface area contributed by atoms with Gasteiger partial charge in [0.2, 0.25) is 0 Å². The Hall–Kier alpha value is -0.900. The first kappa shape index (κ1) is 13.5. The highest BCUT2D eigenvalue weighted by molar-refractivity contribution is 7.09. The number of aromatic nitrogens is 1. The Morgan fingerprint density at radius 1 is 1.44 bits per heavy atom. The van der Waals surface area contributed by atoms with Crippen molar-refractivity contribution in [3.05, 3.63) is 52.0 Å². The lowest BCUT2D eigenvalue weighted by Crippen LogP contribution is -2.29. The Morgan fingerprint density at radius 2 is 2.28 bits per heavy atom. The van der Waals surface area contributed by atoms with Gasteiger partial charge in [-0.25, -0.2) is 4.98 Å². The molecule has 18 heavy (non-hydrogen) atoms. The first-order valence-electron chi connectivity index (χ1n) is 5.87. The zero-order valence-electron chi connectivity index (χ0n) is 10.5. The van der Waals surface area contributed by atoms with E-state index in [1.165, 1.54) is 0 Å². The van der Waals surface area contributed by atoms with Gasteiger partial charge in [0.25, 0.3) is 0 Å². The molecular weight excluding hydrogens is 266 g/mol. The van der Waals surface area contributed by atoms with Crippen molar-refractivity contribution >= 4 is 22.9 Å². The normalized spacial score (nSPS) is 14.4. The summed E-state index contributed by atoms with van der Waals surface area (Å²) in [5.74, 6) is 0.509. The third-order valence-electron chi connectivity index (χ3n) is 3.17. The molecular formula is C14H16ClNOS. The van der Waals surface area contributed by atoms with E-state index in [-0.39, 0.29) is 0 Å². The molecule has 0 aliphatic carbocycles. The first-order chi connectivity index (χ1) is 8.76. The van der Waals surface area contributed by atoms with E-state index in [1.54, 1.807) is 18.4 Å². The van der Waals surface area contributed by atoms with Crippen LogP contribution in [0.3, 0.4) is 0 Å². The van der Waals surface area contributed by atoms with Crippen molar-refractivity contribution in [3.8, 4) is 0 Å². The molecule has 0 amide bonds. The monoisotopic (exact) mass is 281 g/mol. The summed E-state index contributed by atoms with van der Waals surface area (Å²) in [4.78, 5) is 4.42. The molecule has 1 aromatic carbocycles. The summed E-state index contributed by atoms with van der Waals surface area (Å²) in [7, 11) is 1.73. The zero-order chi connectivity index (χ0) is 13.0. The van der Waals surface area contributed by atoms with Crippen LogP contribution in [0.15, 0.2) is 35.8 Å². The molecule has 1 atom stereocenters. The van der Waals surface area contributed by atoms with Gasteiger partial charge in [-0.2, -0.15) is 0 Å². The minimum absolute atomic E-state index is 0.462. The molecule has 0 spiro atoms. The summed E-state index contributed by atoms with van der Waals surface area (Å²) in [6.07, 6.45) is 2.65. The average Bonchev–Trinajstić information content (AvgIpc) is 2.96. The van der Waals surface area contributed by atoms with Gasteiger partial charge in [0.1, 0.15) is 10.6 Å². The molecule has 0 aliphatic rings. The molecule has 2 rings (SSSR count). The Labute approximate surface area is 117 Å². The number of hydrogen-bond donors (Lipinski definition) is 0. The fourth-order valence-electron chi connectivity index (χ4n) is 2.16. The molecule has 2 nitrogen and oxygen atoms in total. The molecule has 0 fully saturated rings. The highest BCUT2D eigenvalue weighted by Gasteiger charge is 2.35. The Balaban J connectivity index is 2.53. The molecule has 96 valence electrons. The summed E-state index contributed by atoms with van der Waals surface area (Å²) < 4.78 is 5.82. The van der Waals surface area contributed by atoms with Crippen LogP contribution in [0.2, 0.25) is 0 Å². The predicted molar refractivity (Wildman–Crippen MR) is 76.2 cm³/mol. The lowest BCUT2D eigenvalue weighted by atomic mass is 9.90. The highest BCUT2D eigenvalue weighted by atomic mass is 35.5. The van der Waals surface area contributed by atoms with Gasteiger partial charge in [-0.3, -0.25) is 0 Å². The summed E-state index contributed by atoms with van der Waals surface area (Å²) in [5, 5.41) is 2.96. The zero-order valence-corrected chi connectivity index (χ0v) is 12.1. The first-order valence-corrected chi connectivity index (χ1v) is 7.28. The molecule has 2 aromatic rings. The molecule has 1 aromatic heterocycles. The molecule has 0 radical (unpaired) electrons. The van der Waals surface area contributed by atoms with Gasteiger partial charge in [-0.15, -0.1) is 22.9 Å². The van der Waals surface area contributed by atoms with E-state index in [0.29, 0.717) is 5.88 Å². The van der Waals surface area contributed by atoms with E-state index < -0.39 is 5.60 Å². The van der Waals surface area contributed by atoms with Crippen LogP contribution in [0, 0.1) is 0 Å². The van der Waals surface area contributed by atoms with Gasteiger partial charge in [0.05, 0.1) is 0 Å². The lowest BCUT2D eigenvalue weighted by molar-refractivity contribution is 0.0184. The Kier molecular flexibility index (Phi) is 4.38. The van der Waals surface area contributed by atoms with Crippen LogP contribution in [-0.4, -0.2) is 12.1 Å².